The Morgan fingerprint density at radius 2 is 1.95 bits per heavy atom. The molecule has 3 aromatic rings. The molecule has 1 amide bonds. The first-order valence-corrected chi connectivity index (χ1v) is 11.6. The number of nitrogens with zero attached hydrogens (tertiary/aromatic N) is 6. The Hall–Kier alpha value is -3.74. The van der Waals surface area contributed by atoms with Crippen LogP contribution in [0.1, 0.15) is 35.7 Å². The van der Waals surface area contributed by atoms with Crippen LogP contribution >= 0.6 is 0 Å². The van der Waals surface area contributed by atoms with E-state index in [1.165, 1.54) is 0 Å². The van der Waals surface area contributed by atoms with E-state index in [0.717, 1.165) is 11.9 Å². The molecular formula is C24H28F3N7O3. The minimum atomic E-state index is -4.58. The van der Waals surface area contributed by atoms with Crippen LogP contribution < -0.4 is 10.1 Å². The van der Waals surface area contributed by atoms with Crippen molar-refractivity contribution in [3.8, 4) is 17.0 Å². The Kier molecular flexibility index (Phi) is 7.35. The summed E-state index contributed by atoms with van der Waals surface area (Å²) < 4.78 is 51.2. The molecule has 1 saturated heterocycles. The Bertz CT molecular complexity index is 1250. The maximum absolute atomic E-state index is 13.9. The molecule has 0 saturated carbocycles. The fourth-order valence-electron chi connectivity index (χ4n) is 4.30. The zero-order valence-electron chi connectivity index (χ0n) is 21.1. The summed E-state index contributed by atoms with van der Waals surface area (Å²) in [5, 5.41) is 7.49. The van der Waals surface area contributed by atoms with Gasteiger partial charge in [-0.15, -0.1) is 0 Å². The predicted octanol–water partition coefficient (Wildman–Crippen LogP) is 3.34. The lowest BCUT2D eigenvalue weighted by Crippen LogP contribution is -2.58. The molecule has 3 atom stereocenters. The van der Waals surface area contributed by atoms with Gasteiger partial charge in [-0.1, -0.05) is 0 Å². The summed E-state index contributed by atoms with van der Waals surface area (Å²) in [6, 6.07) is 3.08. The molecule has 0 unspecified atom stereocenters. The topological polar surface area (TPSA) is 107 Å². The first-order chi connectivity index (χ1) is 17.5. The van der Waals surface area contributed by atoms with E-state index in [0.29, 0.717) is 29.7 Å². The van der Waals surface area contributed by atoms with Crippen molar-refractivity contribution in [2.45, 2.75) is 45.2 Å². The number of halogens is 3. The lowest BCUT2D eigenvalue weighted by Gasteiger charge is -2.42. The number of amides is 1. The van der Waals surface area contributed by atoms with Crippen molar-refractivity contribution < 1.29 is 27.4 Å². The monoisotopic (exact) mass is 519 g/mol. The van der Waals surface area contributed by atoms with Gasteiger partial charge in [0.1, 0.15) is 11.6 Å². The van der Waals surface area contributed by atoms with E-state index in [2.05, 4.69) is 25.4 Å². The second kappa shape index (κ2) is 10.3. The third-order valence-electron chi connectivity index (χ3n) is 6.30. The summed E-state index contributed by atoms with van der Waals surface area (Å²) in [6.07, 6.45) is -1.91. The van der Waals surface area contributed by atoms with Crippen molar-refractivity contribution in [2.24, 2.45) is 7.05 Å². The molecule has 1 N–H and O–H groups in total. The van der Waals surface area contributed by atoms with Crippen LogP contribution in [0, 0.1) is 6.92 Å². The van der Waals surface area contributed by atoms with Crippen LogP contribution in [0.2, 0.25) is 0 Å². The van der Waals surface area contributed by atoms with E-state index in [1.54, 1.807) is 42.1 Å². The predicted molar refractivity (Wildman–Crippen MR) is 128 cm³/mol. The number of ether oxygens (including phenoxy) is 2. The average Bonchev–Trinajstić information content (AvgIpc) is 3.16. The first kappa shape index (κ1) is 26.3. The standard InChI is InChI=1S/C24H28F3N7O3/c1-13-12-34(18(15(3)37-13)9-30-20-11-29-19(10-31-20)24(25,26)27)23(35)22-21(14(2)33(4)32-22)17-7-6-16(36-5)8-28-17/h6-8,10-11,13,15,18H,9,12H2,1-5H3,(H,30,31)/t13-,15+,18-/m1/s1. The Morgan fingerprint density at radius 1 is 1.19 bits per heavy atom. The lowest BCUT2D eigenvalue weighted by atomic mass is 10.0. The molecule has 0 aromatic carbocycles. The summed E-state index contributed by atoms with van der Waals surface area (Å²) in [6.45, 7) is 6.06. The second-order valence-electron chi connectivity index (χ2n) is 8.86. The minimum absolute atomic E-state index is 0.156. The van der Waals surface area contributed by atoms with Gasteiger partial charge in [-0.3, -0.25) is 14.5 Å². The highest BCUT2D eigenvalue weighted by molar-refractivity contribution is 5.99. The number of aryl methyl sites for hydroxylation is 1. The Morgan fingerprint density at radius 3 is 2.54 bits per heavy atom. The summed E-state index contributed by atoms with van der Waals surface area (Å²) in [5.74, 6) is 0.443. The number of methoxy groups -OCH3 is 1. The number of hydrogen-bond acceptors (Lipinski definition) is 8. The molecule has 3 aromatic heterocycles. The Balaban J connectivity index is 1.61. The smallest absolute Gasteiger partial charge is 0.434 e. The van der Waals surface area contributed by atoms with E-state index >= 15 is 0 Å². The van der Waals surface area contributed by atoms with Crippen molar-refractivity contribution in [1.29, 1.82) is 0 Å². The van der Waals surface area contributed by atoms with Crippen molar-refractivity contribution in [3.63, 3.8) is 0 Å². The quantitative estimate of drug-likeness (QED) is 0.529. The number of morpholine rings is 1. The van der Waals surface area contributed by atoms with Gasteiger partial charge in [0, 0.05) is 25.8 Å². The molecule has 13 heteroatoms. The zero-order chi connectivity index (χ0) is 26.9. The van der Waals surface area contributed by atoms with Gasteiger partial charge in [-0.25, -0.2) is 9.97 Å². The van der Waals surface area contributed by atoms with Gasteiger partial charge >= 0.3 is 6.18 Å². The molecule has 1 aliphatic rings. The van der Waals surface area contributed by atoms with Gasteiger partial charge < -0.3 is 19.7 Å². The highest BCUT2D eigenvalue weighted by atomic mass is 19.4. The average molecular weight is 520 g/mol. The normalized spacial score (nSPS) is 20.1. The van der Waals surface area contributed by atoms with Crippen molar-refractivity contribution in [2.75, 3.05) is 25.5 Å². The fourth-order valence-corrected chi connectivity index (χ4v) is 4.30. The van der Waals surface area contributed by atoms with Crippen LogP contribution in [-0.2, 0) is 18.0 Å². The van der Waals surface area contributed by atoms with Crippen LogP contribution in [-0.4, -0.2) is 74.0 Å². The molecule has 10 nitrogen and oxygen atoms in total. The SMILES string of the molecule is COc1ccc(-c2c(C(=O)N3C[C@@H](C)O[C@@H](C)[C@H]3CNc3cnc(C(F)(F)F)cn3)nn(C)c2C)nc1. The van der Waals surface area contributed by atoms with Crippen LogP contribution in [0.5, 0.6) is 5.75 Å². The molecule has 37 heavy (non-hydrogen) atoms. The number of aromatic nitrogens is 5. The molecule has 4 rings (SSSR count). The molecular weight excluding hydrogens is 491 g/mol. The highest BCUT2D eigenvalue weighted by Gasteiger charge is 2.38. The number of anilines is 1. The molecule has 0 bridgehead atoms. The van der Waals surface area contributed by atoms with Crippen molar-refractivity contribution >= 4 is 11.7 Å². The van der Waals surface area contributed by atoms with E-state index in [4.69, 9.17) is 9.47 Å². The molecule has 0 aliphatic carbocycles. The van der Waals surface area contributed by atoms with E-state index in [1.807, 2.05) is 20.8 Å². The number of carbonyl (C=O) groups excluding carboxylic acids is 1. The van der Waals surface area contributed by atoms with Gasteiger partial charge in [0.2, 0.25) is 0 Å². The Labute approximate surface area is 211 Å². The fraction of sp³-hybridized carbons (Fsp3) is 0.458. The molecule has 1 aliphatic heterocycles. The van der Waals surface area contributed by atoms with E-state index in [9.17, 15) is 18.0 Å². The molecule has 198 valence electrons. The van der Waals surface area contributed by atoms with Gasteiger partial charge in [0.25, 0.3) is 5.91 Å². The van der Waals surface area contributed by atoms with Crippen LogP contribution in [0.3, 0.4) is 0 Å². The lowest BCUT2D eigenvalue weighted by molar-refractivity contribution is -0.141. The van der Waals surface area contributed by atoms with Crippen molar-refractivity contribution in [3.05, 3.63) is 47.8 Å². The van der Waals surface area contributed by atoms with Gasteiger partial charge in [-0.05, 0) is 32.9 Å². The first-order valence-electron chi connectivity index (χ1n) is 11.6. The van der Waals surface area contributed by atoms with Crippen molar-refractivity contribution in [1.82, 2.24) is 29.6 Å². The highest BCUT2D eigenvalue weighted by Crippen LogP contribution is 2.30. The number of hydrogen-bond donors (Lipinski definition) is 1. The minimum Gasteiger partial charge on any atom is -0.495 e. The maximum Gasteiger partial charge on any atom is 0.434 e. The summed E-state index contributed by atoms with van der Waals surface area (Å²) in [5.41, 5.74) is 1.13. The number of rotatable bonds is 6. The number of alkyl halides is 3. The molecule has 0 spiro atoms. The molecule has 4 heterocycles. The summed E-state index contributed by atoms with van der Waals surface area (Å²) in [7, 11) is 3.30. The second-order valence-corrected chi connectivity index (χ2v) is 8.86. The van der Waals surface area contributed by atoms with Gasteiger partial charge in [-0.2, -0.15) is 18.3 Å². The van der Waals surface area contributed by atoms with Gasteiger partial charge in [0.05, 0.1) is 55.2 Å². The number of pyridine rings is 1. The third kappa shape index (κ3) is 5.50. The number of nitrogens with one attached hydrogen (secondary N) is 1. The molecule has 1 fully saturated rings. The summed E-state index contributed by atoms with van der Waals surface area (Å²) in [4.78, 5) is 27.3. The summed E-state index contributed by atoms with van der Waals surface area (Å²) >= 11 is 0. The largest absolute Gasteiger partial charge is 0.495 e. The van der Waals surface area contributed by atoms with Crippen LogP contribution in [0.4, 0.5) is 19.0 Å². The zero-order valence-corrected chi connectivity index (χ0v) is 21.1. The van der Waals surface area contributed by atoms with Crippen LogP contribution in [0.25, 0.3) is 11.3 Å². The molecule has 0 radical (unpaired) electrons. The third-order valence-corrected chi connectivity index (χ3v) is 6.30. The van der Waals surface area contributed by atoms with Crippen LogP contribution in [0.15, 0.2) is 30.7 Å². The van der Waals surface area contributed by atoms with E-state index < -0.39 is 17.9 Å². The maximum atomic E-state index is 13.9. The van der Waals surface area contributed by atoms with E-state index in [-0.39, 0.29) is 36.2 Å². The number of carbonyl (C=O) groups is 1. The van der Waals surface area contributed by atoms with Gasteiger partial charge in [0.15, 0.2) is 11.4 Å².